The fraction of sp³-hybridized carbons (Fsp3) is 0.222. The van der Waals surface area contributed by atoms with Gasteiger partial charge in [-0.2, -0.15) is 5.10 Å². The molecule has 5 heteroatoms. The van der Waals surface area contributed by atoms with E-state index in [1.54, 1.807) is 7.11 Å². The molecule has 0 atom stereocenters. The number of methoxy groups -OCH3 is 1. The molecule has 2 aromatic rings. The zero-order valence-electron chi connectivity index (χ0n) is 13.7. The molecule has 1 N–H and O–H groups in total. The summed E-state index contributed by atoms with van der Waals surface area (Å²) in [5, 5.41) is 4.66. The Labute approximate surface area is 140 Å². The molecule has 0 heterocycles. The molecule has 0 aromatic heterocycles. The van der Waals surface area contributed by atoms with E-state index in [2.05, 4.69) is 16.6 Å². The third-order valence-corrected chi connectivity index (χ3v) is 4.13. The molecule has 0 saturated carbocycles. The molecule has 23 heavy (non-hydrogen) atoms. The summed E-state index contributed by atoms with van der Waals surface area (Å²) in [7, 11) is 1.62. The number of carbonyl (C=O) groups is 1. The van der Waals surface area contributed by atoms with Crippen LogP contribution in [0, 0.1) is 13.8 Å². The lowest BCUT2D eigenvalue weighted by atomic mass is 10.2. The van der Waals surface area contributed by atoms with Gasteiger partial charge in [-0.3, -0.25) is 10.2 Å². The van der Waals surface area contributed by atoms with Gasteiger partial charge in [0.2, 0.25) is 0 Å². The second-order valence-corrected chi connectivity index (χ2v) is 6.30. The van der Waals surface area contributed by atoms with Gasteiger partial charge in [-0.05, 0) is 61.4 Å². The van der Waals surface area contributed by atoms with E-state index < -0.39 is 0 Å². The number of benzene rings is 2. The van der Waals surface area contributed by atoms with Crippen LogP contribution in [-0.2, 0) is 4.79 Å². The van der Waals surface area contributed by atoms with Crippen molar-refractivity contribution in [3.05, 3.63) is 53.6 Å². The van der Waals surface area contributed by atoms with Gasteiger partial charge >= 0.3 is 0 Å². The maximum atomic E-state index is 11.8. The average molecular weight is 328 g/mol. The molecule has 2 rings (SSSR count). The minimum Gasteiger partial charge on any atom is -0.497 e. The molecule has 4 nitrogen and oxygen atoms in total. The number of hydrazone groups is 1. The lowest BCUT2D eigenvalue weighted by Crippen LogP contribution is -2.08. The number of ether oxygens (including phenoxy) is 1. The minimum atomic E-state index is -0.0739. The van der Waals surface area contributed by atoms with Crippen molar-refractivity contribution >= 4 is 28.3 Å². The Morgan fingerprint density at radius 3 is 2.22 bits per heavy atom. The first kappa shape index (κ1) is 17.1. The highest BCUT2D eigenvalue weighted by atomic mass is 32.2. The normalized spacial score (nSPS) is 11.2. The van der Waals surface area contributed by atoms with Crippen LogP contribution in [-0.4, -0.2) is 17.9 Å². The van der Waals surface area contributed by atoms with Gasteiger partial charge < -0.3 is 4.74 Å². The highest BCUT2D eigenvalue weighted by molar-refractivity contribution is 8.15. The van der Waals surface area contributed by atoms with Gasteiger partial charge in [-0.1, -0.05) is 17.8 Å². The predicted octanol–water partition coefficient (Wildman–Crippen LogP) is 4.42. The number of thioether (sulfide) groups is 1. The molecule has 0 bridgehead atoms. The van der Waals surface area contributed by atoms with Crippen molar-refractivity contribution in [2.75, 3.05) is 12.5 Å². The molecule has 0 aliphatic heterocycles. The van der Waals surface area contributed by atoms with Crippen LogP contribution < -0.4 is 10.2 Å². The molecular formula is C18H20N2O2S. The van der Waals surface area contributed by atoms with Crippen LogP contribution in [0.2, 0.25) is 0 Å². The van der Waals surface area contributed by atoms with Gasteiger partial charge in [0.25, 0.3) is 0 Å². The van der Waals surface area contributed by atoms with Crippen molar-refractivity contribution in [3.8, 4) is 5.75 Å². The fourth-order valence-electron chi connectivity index (χ4n) is 2.06. The summed E-state index contributed by atoms with van der Waals surface area (Å²) >= 11 is 1.37. The van der Waals surface area contributed by atoms with E-state index >= 15 is 0 Å². The lowest BCUT2D eigenvalue weighted by molar-refractivity contribution is -0.110. The van der Waals surface area contributed by atoms with Crippen LogP contribution in [0.3, 0.4) is 0 Å². The zero-order chi connectivity index (χ0) is 16.8. The number of ketones is 1. The number of carbonyl (C=O) groups excluding carboxylic acids is 1. The summed E-state index contributed by atoms with van der Waals surface area (Å²) in [4.78, 5) is 12.8. The summed E-state index contributed by atoms with van der Waals surface area (Å²) in [6.45, 7) is 5.60. The van der Waals surface area contributed by atoms with Crippen molar-refractivity contribution in [3.63, 3.8) is 0 Å². The fourth-order valence-corrected chi connectivity index (χ4v) is 3.01. The molecule has 0 aliphatic carbocycles. The van der Waals surface area contributed by atoms with Crippen LogP contribution in [0.4, 0.5) is 5.69 Å². The van der Waals surface area contributed by atoms with Crippen molar-refractivity contribution in [1.29, 1.82) is 0 Å². The van der Waals surface area contributed by atoms with Crippen LogP contribution in [0.25, 0.3) is 0 Å². The van der Waals surface area contributed by atoms with Crippen LogP contribution in [0.5, 0.6) is 5.75 Å². The summed E-state index contributed by atoms with van der Waals surface area (Å²) in [6.07, 6.45) is 0. The molecule has 2 aromatic carbocycles. The SMILES string of the molecule is COc1ccc(N/N=C(/Sc2cc(C)cc(C)c2)C(C)=O)cc1. The highest BCUT2D eigenvalue weighted by Crippen LogP contribution is 2.23. The number of aryl methyl sites for hydroxylation is 2. The Bertz CT molecular complexity index is 704. The highest BCUT2D eigenvalue weighted by Gasteiger charge is 2.09. The Morgan fingerprint density at radius 2 is 1.70 bits per heavy atom. The van der Waals surface area contributed by atoms with Crippen molar-refractivity contribution < 1.29 is 9.53 Å². The van der Waals surface area contributed by atoms with E-state index in [0.717, 1.165) is 16.3 Å². The van der Waals surface area contributed by atoms with Gasteiger partial charge in [0.05, 0.1) is 12.8 Å². The van der Waals surface area contributed by atoms with E-state index in [4.69, 9.17) is 4.74 Å². The number of anilines is 1. The maximum absolute atomic E-state index is 11.8. The number of Topliss-reactive ketones (excluding diaryl/α,β-unsaturated/α-hetero) is 1. The molecule has 0 amide bonds. The van der Waals surface area contributed by atoms with Crippen molar-refractivity contribution in [2.45, 2.75) is 25.7 Å². The Morgan fingerprint density at radius 1 is 1.09 bits per heavy atom. The summed E-state index contributed by atoms with van der Waals surface area (Å²) in [5.74, 6) is 0.700. The number of rotatable bonds is 5. The molecule has 0 spiro atoms. The number of hydrogen-bond acceptors (Lipinski definition) is 5. The quantitative estimate of drug-likeness (QED) is 0.382. The average Bonchev–Trinajstić information content (AvgIpc) is 2.50. The van der Waals surface area contributed by atoms with Crippen molar-refractivity contribution in [1.82, 2.24) is 0 Å². The van der Waals surface area contributed by atoms with E-state index in [1.165, 1.54) is 29.8 Å². The van der Waals surface area contributed by atoms with Crippen LogP contribution in [0.15, 0.2) is 52.5 Å². The van der Waals surface area contributed by atoms with E-state index in [-0.39, 0.29) is 5.78 Å². The molecule has 0 saturated heterocycles. The van der Waals surface area contributed by atoms with Crippen LogP contribution in [0.1, 0.15) is 18.1 Å². The van der Waals surface area contributed by atoms with Crippen LogP contribution >= 0.6 is 11.8 Å². The minimum absolute atomic E-state index is 0.0739. The van der Waals surface area contributed by atoms with E-state index in [0.29, 0.717) is 5.04 Å². The van der Waals surface area contributed by atoms with Gasteiger partial charge in [0.15, 0.2) is 10.8 Å². The summed E-state index contributed by atoms with van der Waals surface area (Å²) in [6, 6.07) is 13.6. The zero-order valence-corrected chi connectivity index (χ0v) is 14.5. The smallest absolute Gasteiger partial charge is 0.186 e. The molecule has 0 radical (unpaired) electrons. The third-order valence-electron chi connectivity index (χ3n) is 3.09. The topological polar surface area (TPSA) is 50.7 Å². The maximum Gasteiger partial charge on any atom is 0.186 e. The van der Waals surface area contributed by atoms with Gasteiger partial charge in [-0.25, -0.2) is 0 Å². The standard InChI is InChI=1S/C18H20N2O2S/c1-12-9-13(2)11-17(10-12)23-18(14(3)21)20-19-15-5-7-16(22-4)8-6-15/h5-11,19H,1-4H3/b20-18+. The molecule has 0 fully saturated rings. The Hall–Kier alpha value is -2.27. The van der Waals surface area contributed by atoms with Gasteiger partial charge in [0, 0.05) is 11.8 Å². The molecular weight excluding hydrogens is 308 g/mol. The van der Waals surface area contributed by atoms with E-state index in [1.807, 2.05) is 50.2 Å². The first-order chi connectivity index (χ1) is 11.0. The number of hydrogen-bond donors (Lipinski definition) is 1. The Balaban J connectivity index is 2.15. The first-order valence-corrected chi connectivity index (χ1v) is 8.04. The second-order valence-electron chi connectivity index (χ2n) is 5.24. The summed E-state index contributed by atoms with van der Waals surface area (Å²) < 4.78 is 5.11. The molecule has 0 unspecified atom stereocenters. The largest absolute Gasteiger partial charge is 0.497 e. The van der Waals surface area contributed by atoms with Crippen molar-refractivity contribution in [2.24, 2.45) is 5.10 Å². The number of nitrogens with one attached hydrogen (secondary N) is 1. The van der Waals surface area contributed by atoms with E-state index in [9.17, 15) is 4.79 Å². The molecule has 0 aliphatic rings. The van der Waals surface area contributed by atoms with Gasteiger partial charge in [0.1, 0.15) is 5.75 Å². The monoisotopic (exact) mass is 328 g/mol. The summed E-state index contributed by atoms with van der Waals surface area (Å²) in [5.41, 5.74) is 6.05. The molecule has 120 valence electrons. The first-order valence-electron chi connectivity index (χ1n) is 7.23. The second kappa shape index (κ2) is 7.83. The predicted molar refractivity (Wildman–Crippen MR) is 96.5 cm³/mol. The Kier molecular flexibility index (Phi) is 5.82. The lowest BCUT2D eigenvalue weighted by Gasteiger charge is -2.07. The number of nitrogens with zero attached hydrogens (tertiary/aromatic N) is 1. The third kappa shape index (κ3) is 5.14. The van der Waals surface area contributed by atoms with Gasteiger partial charge in [-0.15, -0.1) is 0 Å².